The van der Waals surface area contributed by atoms with Crippen LogP contribution in [0.15, 0.2) is 54.6 Å². The fraction of sp³-hybridized carbons (Fsp3) is 0.211. The number of hydrogen-bond acceptors (Lipinski definition) is 4. The van der Waals surface area contributed by atoms with Crippen LogP contribution in [0.5, 0.6) is 5.75 Å². The summed E-state index contributed by atoms with van der Waals surface area (Å²) in [7, 11) is 0. The van der Waals surface area contributed by atoms with Gasteiger partial charge < -0.3 is 15.7 Å². The molecule has 0 aliphatic heterocycles. The smallest absolute Gasteiger partial charge is 0.251 e. The van der Waals surface area contributed by atoms with Crippen molar-refractivity contribution in [3.05, 3.63) is 65.7 Å². The van der Waals surface area contributed by atoms with E-state index in [0.717, 1.165) is 5.56 Å². The second kappa shape index (κ2) is 9.08. The lowest BCUT2D eigenvalue weighted by molar-refractivity contribution is -0.122. The van der Waals surface area contributed by atoms with Gasteiger partial charge in [0.1, 0.15) is 11.8 Å². The molecule has 2 aromatic carbocycles. The van der Waals surface area contributed by atoms with Gasteiger partial charge in [-0.2, -0.15) is 5.26 Å². The van der Waals surface area contributed by atoms with Gasteiger partial charge in [0.05, 0.1) is 12.5 Å². The highest BCUT2D eigenvalue weighted by Gasteiger charge is 2.21. The fourth-order valence-electron chi connectivity index (χ4n) is 2.27. The van der Waals surface area contributed by atoms with Crippen LogP contribution < -0.4 is 10.6 Å². The van der Waals surface area contributed by atoms with Crippen molar-refractivity contribution in [1.82, 2.24) is 10.6 Å². The Labute approximate surface area is 146 Å². The second-order valence-electron chi connectivity index (χ2n) is 5.46. The summed E-state index contributed by atoms with van der Waals surface area (Å²) in [6, 6.07) is 16.2. The van der Waals surface area contributed by atoms with Crippen molar-refractivity contribution < 1.29 is 14.7 Å². The first-order valence-electron chi connectivity index (χ1n) is 7.88. The maximum absolute atomic E-state index is 12.4. The molecule has 0 fully saturated rings. The van der Waals surface area contributed by atoms with Crippen molar-refractivity contribution in [3.63, 3.8) is 0 Å². The first-order chi connectivity index (χ1) is 12.1. The summed E-state index contributed by atoms with van der Waals surface area (Å²) in [5.41, 5.74) is 1.26. The Kier molecular flexibility index (Phi) is 6.55. The van der Waals surface area contributed by atoms with E-state index in [1.165, 1.54) is 12.1 Å². The molecule has 0 spiro atoms. The number of amides is 2. The molecule has 1 unspecified atom stereocenters. The lowest BCUT2D eigenvalue weighted by Gasteiger charge is -2.18. The largest absolute Gasteiger partial charge is 0.508 e. The Morgan fingerprint density at radius 2 is 1.76 bits per heavy atom. The lowest BCUT2D eigenvalue weighted by atomic mass is 10.0. The highest BCUT2D eigenvalue weighted by Crippen LogP contribution is 2.12. The third-order valence-electron chi connectivity index (χ3n) is 3.57. The van der Waals surface area contributed by atoms with Crippen LogP contribution in [0.4, 0.5) is 0 Å². The van der Waals surface area contributed by atoms with E-state index >= 15 is 0 Å². The van der Waals surface area contributed by atoms with E-state index in [9.17, 15) is 14.7 Å². The molecule has 1 atom stereocenters. The summed E-state index contributed by atoms with van der Waals surface area (Å²) in [5, 5.41) is 23.3. The van der Waals surface area contributed by atoms with Gasteiger partial charge in [-0.3, -0.25) is 9.59 Å². The third kappa shape index (κ3) is 5.66. The summed E-state index contributed by atoms with van der Waals surface area (Å²) < 4.78 is 0. The number of nitriles is 1. The molecule has 0 aromatic heterocycles. The minimum atomic E-state index is -0.782. The molecule has 3 N–H and O–H groups in total. The van der Waals surface area contributed by atoms with Gasteiger partial charge in [0.25, 0.3) is 5.91 Å². The summed E-state index contributed by atoms with van der Waals surface area (Å²) in [6.45, 7) is 0.225. The Bertz CT molecular complexity index is 752. The molecule has 128 valence electrons. The minimum absolute atomic E-state index is 0.132. The van der Waals surface area contributed by atoms with Crippen LogP contribution in [-0.4, -0.2) is 29.5 Å². The molecule has 6 nitrogen and oxygen atoms in total. The van der Waals surface area contributed by atoms with E-state index < -0.39 is 6.04 Å². The molecule has 0 radical (unpaired) electrons. The van der Waals surface area contributed by atoms with Crippen LogP contribution in [0, 0.1) is 11.3 Å². The minimum Gasteiger partial charge on any atom is -0.508 e. The number of phenols is 1. The van der Waals surface area contributed by atoms with Crippen molar-refractivity contribution in [2.24, 2.45) is 0 Å². The third-order valence-corrected chi connectivity index (χ3v) is 3.57. The van der Waals surface area contributed by atoms with E-state index in [4.69, 9.17) is 5.26 Å². The van der Waals surface area contributed by atoms with Gasteiger partial charge in [0.15, 0.2) is 0 Å². The lowest BCUT2D eigenvalue weighted by Crippen LogP contribution is -2.48. The van der Waals surface area contributed by atoms with Gasteiger partial charge in [-0.05, 0) is 29.8 Å². The summed E-state index contributed by atoms with van der Waals surface area (Å²) in [5.74, 6) is -0.570. The molecule has 2 aromatic rings. The number of carbonyl (C=O) groups is 2. The SMILES string of the molecule is N#CCCNC(=O)C(Cc1ccc(O)cc1)NC(=O)c1ccccc1. The zero-order valence-electron chi connectivity index (χ0n) is 13.6. The predicted octanol–water partition coefficient (Wildman–Crippen LogP) is 1.76. The maximum atomic E-state index is 12.4. The molecule has 2 amide bonds. The molecule has 0 aliphatic rings. The number of rotatable bonds is 7. The second-order valence-corrected chi connectivity index (χ2v) is 5.46. The van der Waals surface area contributed by atoms with Crippen LogP contribution in [0.25, 0.3) is 0 Å². The molecule has 2 rings (SSSR count). The van der Waals surface area contributed by atoms with Crippen LogP contribution in [0.1, 0.15) is 22.3 Å². The van der Waals surface area contributed by atoms with Crippen LogP contribution in [0.2, 0.25) is 0 Å². The standard InChI is InChI=1S/C19H19N3O3/c20-11-4-12-21-19(25)17(13-14-7-9-16(23)10-8-14)22-18(24)15-5-2-1-3-6-15/h1-3,5-10,17,23H,4,12-13H2,(H,21,25)(H,22,24). The molecule has 0 heterocycles. The van der Waals surface area contributed by atoms with Crippen LogP contribution in [0.3, 0.4) is 0 Å². The average Bonchev–Trinajstić information content (AvgIpc) is 2.63. The first-order valence-corrected chi connectivity index (χ1v) is 7.88. The Morgan fingerprint density at radius 3 is 2.40 bits per heavy atom. The van der Waals surface area contributed by atoms with Crippen LogP contribution in [-0.2, 0) is 11.2 Å². The monoisotopic (exact) mass is 337 g/mol. The van der Waals surface area contributed by atoms with Crippen molar-refractivity contribution in [2.75, 3.05) is 6.54 Å². The molecule has 0 bridgehead atoms. The molecule has 0 saturated heterocycles. The summed E-state index contributed by atoms with van der Waals surface area (Å²) >= 11 is 0. The Balaban J connectivity index is 2.10. The summed E-state index contributed by atoms with van der Waals surface area (Å²) in [4.78, 5) is 24.7. The Morgan fingerprint density at radius 1 is 1.08 bits per heavy atom. The van der Waals surface area contributed by atoms with Gasteiger partial charge in [-0.15, -0.1) is 0 Å². The fourth-order valence-corrected chi connectivity index (χ4v) is 2.27. The van der Waals surface area contributed by atoms with Gasteiger partial charge in [0, 0.05) is 18.5 Å². The van der Waals surface area contributed by atoms with Crippen molar-refractivity contribution in [3.8, 4) is 11.8 Å². The van der Waals surface area contributed by atoms with Crippen molar-refractivity contribution in [2.45, 2.75) is 18.9 Å². The highest BCUT2D eigenvalue weighted by molar-refractivity contribution is 5.97. The van der Waals surface area contributed by atoms with Gasteiger partial charge in [0.2, 0.25) is 5.91 Å². The molecular formula is C19H19N3O3. The topological polar surface area (TPSA) is 102 Å². The molecule has 0 saturated carbocycles. The van der Waals surface area contributed by atoms with E-state index in [0.29, 0.717) is 5.56 Å². The number of aromatic hydroxyl groups is 1. The number of nitrogens with one attached hydrogen (secondary N) is 2. The van der Waals surface area contributed by atoms with Gasteiger partial charge in [-0.25, -0.2) is 0 Å². The van der Waals surface area contributed by atoms with E-state index in [2.05, 4.69) is 10.6 Å². The first kappa shape index (κ1) is 18.0. The number of benzene rings is 2. The van der Waals surface area contributed by atoms with Gasteiger partial charge >= 0.3 is 0 Å². The van der Waals surface area contributed by atoms with Crippen molar-refractivity contribution >= 4 is 11.8 Å². The molecule has 6 heteroatoms. The van der Waals surface area contributed by atoms with Crippen LogP contribution >= 0.6 is 0 Å². The highest BCUT2D eigenvalue weighted by atomic mass is 16.3. The normalized spacial score (nSPS) is 11.2. The number of carbonyl (C=O) groups excluding carboxylic acids is 2. The predicted molar refractivity (Wildman–Crippen MR) is 92.7 cm³/mol. The average molecular weight is 337 g/mol. The van der Waals surface area contributed by atoms with E-state index in [-0.39, 0.29) is 37.0 Å². The van der Waals surface area contributed by atoms with Gasteiger partial charge in [-0.1, -0.05) is 30.3 Å². The molecule has 25 heavy (non-hydrogen) atoms. The molecular weight excluding hydrogens is 318 g/mol. The quantitative estimate of drug-likeness (QED) is 0.670. The zero-order chi connectivity index (χ0) is 18.1. The maximum Gasteiger partial charge on any atom is 0.251 e. The zero-order valence-corrected chi connectivity index (χ0v) is 13.6. The number of phenolic OH excluding ortho intramolecular Hbond substituents is 1. The summed E-state index contributed by atoms with van der Waals surface area (Å²) in [6.07, 6.45) is 0.474. The number of nitrogens with zero attached hydrogens (tertiary/aromatic N) is 1. The van der Waals surface area contributed by atoms with E-state index in [1.807, 2.05) is 6.07 Å². The van der Waals surface area contributed by atoms with Crippen molar-refractivity contribution in [1.29, 1.82) is 5.26 Å². The number of hydrogen-bond donors (Lipinski definition) is 3. The van der Waals surface area contributed by atoms with E-state index in [1.54, 1.807) is 42.5 Å². The Hall–Kier alpha value is -3.33. The molecule has 0 aliphatic carbocycles.